The Morgan fingerprint density at radius 1 is 0.970 bits per heavy atom. The van der Waals surface area contributed by atoms with Crippen LogP contribution in [-0.2, 0) is 20.6 Å². The molecule has 1 N–H and O–H groups in total. The van der Waals surface area contributed by atoms with Gasteiger partial charge in [0.2, 0.25) is 15.9 Å². The second-order valence-electron chi connectivity index (χ2n) is 8.56. The standard InChI is InChI=1S/C23H30N4O4S2/c28-22(16-25-9-6-21(7-10-25)24-23(29)20-8-15-32-17-20)26-11-13-27(14-12-26)33(30,31)18-19-4-2-1-3-5-19/h1-5,8,15,17,21H,6-7,9-14,16,18H2,(H,24,29). The lowest BCUT2D eigenvalue weighted by Crippen LogP contribution is -2.53. The van der Waals surface area contributed by atoms with Crippen LogP contribution in [0.25, 0.3) is 0 Å². The first-order valence-corrected chi connectivity index (χ1v) is 13.8. The third-order valence-corrected chi connectivity index (χ3v) is 8.77. The number of rotatable bonds is 7. The van der Waals surface area contributed by atoms with E-state index >= 15 is 0 Å². The van der Waals surface area contributed by atoms with Gasteiger partial charge in [0, 0.05) is 56.3 Å². The summed E-state index contributed by atoms with van der Waals surface area (Å²) in [6, 6.07) is 11.1. The highest BCUT2D eigenvalue weighted by Crippen LogP contribution is 2.16. The minimum atomic E-state index is -3.39. The molecule has 3 heterocycles. The molecule has 0 atom stereocenters. The summed E-state index contributed by atoms with van der Waals surface area (Å²) >= 11 is 1.50. The lowest BCUT2D eigenvalue weighted by Gasteiger charge is -2.36. The SMILES string of the molecule is O=C(NC1CCN(CC(=O)N2CCN(S(=O)(=O)Cc3ccccc3)CC2)CC1)c1ccsc1. The largest absolute Gasteiger partial charge is 0.349 e. The summed E-state index contributed by atoms with van der Waals surface area (Å²) < 4.78 is 26.9. The molecule has 2 fully saturated rings. The highest BCUT2D eigenvalue weighted by molar-refractivity contribution is 7.88. The highest BCUT2D eigenvalue weighted by atomic mass is 32.2. The summed E-state index contributed by atoms with van der Waals surface area (Å²) in [6.45, 7) is 3.34. The average molecular weight is 491 g/mol. The van der Waals surface area contributed by atoms with Gasteiger partial charge in [-0.3, -0.25) is 14.5 Å². The lowest BCUT2D eigenvalue weighted by molar-refractivity contribution is -0.133. The van der Waals surface area contributed by atoms with Crippen molar-refractivity contribution in [3.05, 3.63) is 58.3 Å². The molecule has 0 bridgehead atoms. The van der Waals surface area contributed by atoms with Crippen LogP contribution in [0.2, 0.25) is 0 Å². The van der Waals surface area contributed by atoms with Crippen LogP contribution >= 0.6 is 11.3 Å². The Morgan fingerprint density at radius 2 is 1.67 bits per heavy atom. The van der Waals surface area contributed by atoms with Gasteiger partial charge in [0.05, 0.1) is 12.3 Å². The van der Waals surface area contributed by atoms with Gasteiger partial charge in [-0.1, -0.05) is 30.3 Å². The molecule has 2 aliphatic heterocycles. The molecule has 0 unspecified atom stereocenters. The number of hydrogen-bond acceptors (Lipinski definition) is 6. The van der Waals surface area contributed by atoms with Crippen molar-refractivity contribution >= 4 is 33.2 Å². The quantitative estimate of drug-likeness (QED) is 0.637. The molecule has 8 nitrogen and oxygen atoms in total. The fourth-order valence-corrected chi connectivity index (χ4v) is 6.43. The van der Waals surface area contributed by atoms with E-state index in [1.165, 1.54) is 15.6 Å². The van der Waals surface area contributed by atoms with Crippen LogP contribution in [0.3, 0.4) is 0 Å². The van der Waals surface area contributed by atoms with Crippen molar-refractivity contribution in [3.63, 3.8) is 0 Å². The van der Waals surface area contributed by atoms with Crippen molar-refractivity contribution in [3.8, 4) is 0 Å². The zero-order valence-electron chi connectivity index (χ0n) is 18.6. The summed E-state index contributed by atoms with van der Waals surface area (Å²) in [5.41, 5.74) is 1.47. The number of nitrogens with one attached hydrogen (secondary N) is 1. The zero-order chi connectivity index (χ0) is 23.3. The molecule has 0 radical (unpaired) electrons. The lowest BCUT2D eigenvalue weighted by atomic mass is 10.0. The monoisotopic (exact) mass is 490 g/mol. The smallest absolute Gasteiger partial charge is 0.252 e. The maximum atomic E-state index is 12.8. The molecule has 0 aliphatic carbocycles. The van der Waals surface area contributed by atoms with Gasteiger partial charge in [-0.05, 0) is 29.9 Å². The van der Waals surface area contributed by atoms with E-state index in [4.69, 9.17) is 0 Å². The van der Waals surface area contributed by atoms with E-state index in [1.807, 2.05) is 47.2 Å². The summed E-state index contributed by atoms with van der Waals surface area (Å²) in [5.74, 6) is -0.0126. The minimum Gasteiger partial charge on any atom is -0.349 e. The number of benzene rings is 1. The zero-order valence-corrected chi connectivity index (χ0v) is 20.2. The third-order valence-electron chi connectivity index (χ3n) is 6.24. The Kier molecular flexibility index (Phi) is 7.79. The minimum absolute atomic E-state index is 0.0142. The first-order valence-electron chi connectivity index (χ1n) is 11.3. The van der Waals surface area contributed by atoms with E-state index in [0.29, 0.717) is 38.3 Å². The Balaban J connectivity index is 1.19. The molecular weight excluding hydrogens is 460 g/mol. The van der Waals surface area contributed by atoms with Crippen molar-refractivity contribution in [2.45, 2.75) is 24.6 Å². The molecule has 33 heavy (non-hydrogen) atoms. The van der Waals surface area contributed by atoms with E-state index in [9.17, 15) is 18.0 Å². The van der Waals surface area contributed by atoms with Crippen LogP contribution in [0.5, 0.6) is 0 Å². The number of sulfonamides is 1. The van der Waals surface area contributed by atoms with Gasteiger partial charge in [0.25, 0.3) is 5.91 Å². The van der Waals surface area contributed by atoms with E-state index in [0.717, 1.165) is 31.5 Å². The number of carbonyl (C=O) groups is 2. The first kappa shape index (κ1) is 23.9. The molecule has 0 spiro atoms. The molecule has 4 rings (SSSR count). The predicted molar refractivity (Wildman–Crippen MR) is 128 cm³/mol. The van der Waals surface area contributed by atoms with Gasteiger partial charge in [0.1, 0.15) is 0 Å². The van der Waals surface area contributed by atoms with Gasteiger partial charge < -0.3 is 10.2 Å². The molecule has 2 aromatic rings. The predicted octanol–water partition coefficient (Wildman–Crippen LogP) is 1.62. The topological polar surface area (TPSA) is 90.0 Å². The maximum Gasteiger partial charge on any atom is 0.252 e. The number of likely N-dealkylation sites (tertiary alicyclic amines) is 1. The van der Waals surface area contributed by atoms with Crippen LogP contribution in [-0.4, -0.2) is 86.2 Å². The molecule has 10 heteroatoms. The van der Waals surface area contributed by atoms with Crippen LogP contribution in [0.1, 0.15) is 28.8 Å². The van der Waals surface area contributed by atoms with E-state index in [1.54, 1.807) is 4.90 Å². The maximum absolute atomic E-state index is 12.8. The number of amides is 2. The first-order chi connectivity index (χ1) is 15.9. The number of carbonyl (C=O) groups excluding carboxylic acids is 2. The van der Waals surface area contributed by atoms with Gasteiger partial charge in [-0.15, -0.1) is 0 Å². The summed E-state index contributed by atoms with van der Waals surface area (Å²) in [5, 5.41) is 6.81. The van der Waals surface area contributed by atoms with Crippen LogP contribution in [0.15, 0.2) is 47.2 Å². The third kappa shape index (κ3) is 6.41. The van der Waals surface area contributed by atoms with E-state index in [-0.39, 0.29) is 23.6 Å². The number of thiophene rings is 1. The molecule has 1 aromatic heterocycles. The molecule has 2 saturated heterocycles. The molecule has 2 amide bonds. The second-order valence-corrected chi connectivity index (χ2v) is 11.3. The summed E-state index contributed by atoms with van der Waals surface area (Å²) in [7, 11) is -3.39. The Hall–Kier alpha value is -2.27. The fraction of sp³-hybridized carbons (Fsp3) is 0.478. The number of piperidine rings is 1. The molecule has 1 aromatic carbocycles. The van der Waals surface area contributed by atoms with Crippen molar-refractivity contribution in [2.24, 2.45) is 0 Å². The number of hydrogen-bond donors (Lipinski definition) is 1. The number of nitrogens with zero attached hydrogens (tertiary/aromatic N) is 3. The van der Waals surface area contributed by atoms with Gasteiger partial charge >= 0.3 is 0 Å². The van der Waals surface area contributed by atoms with Crippen LogP contribution in [0.4, 0.5) is 0 Å². The molecule has 2 aliphatic rings. The second kappa shape index (κ2) is 10.8. The Bertz CT molecular complexity index is 1030. The van der Waals surface area contributed by atoms with E-state index < -0.39 is 10.0 Å². The van der Waals surface area contributed by atoms with E-state index in [2.05, 4.69) is 10.2 Å². The van der Waals surface area contributed by atoms with Crippen molar-refractivity contribution in [1.82, 2.24) is 19.4 Å². The normalized spacial score (nSPS) is 18.8. The molecule has 178 valence electrons. The number of piperazine rings is 1. The Labute approximate surface area is 199 Å². The van der Waals surface area contributed by atoms with Crippen LogP contribution < -0.4 is 5.32 Å². The van der Waals surface area contributed by atoms with Crippen LogP contribution in [0, 0.1) is 0 Å². The molecular formula is C23H30N4O4S2. The summed E-state index contributed by atoms with van der Waals surface area (Å²) in [4.78, 5) is 28.9. The van der Waals surface area contributed by atoms with Gasteiger partial charge in [0.15, 0.2) is 0 Å². The van der Waals surface area contributed by atoms with Gasteiger partial charge in [-0.2, -0.15) is 15.6 Å². The van der Waals surface area contributed by atoms with Crippen molar-refractivity contribution in [2.75, 3.05) is 45.8 Å². The van der Waals surface area contributed by atoms with Gasteiger partial charge in [-0.25, -0.2) is 8.42 Å². The van der Waals surface area contributed by atoms with Crippen molar-refractivity contribution < 1.29 is 18.0 Å². The Morgan fingerprint density at radius 3 is 2.30 bits per heavy atom. The fourth-order valence-electron chi connectivity index (χ4n) is 4.28. The average Bonchev–Trinajstić information content (AvgIpc) is 3.36. The molecule has 0 saturated carbocycles. The van der Waals surface area contributed by atoms with Crippen molar-refractivity contribution in [1.29, 1.82) is 0 Å². The summed E-state index contributed by atoms with van der Waals surface area (Å²) in [6.07, 6.45) is 1.63. The highest BCUT2D eigenvalue weighted by Gasteiger charge is 2.30.